The van der Waals surface area contributed by atoms with Crippen LogP contribution in [0.25, 0.3) is 0 Å². The van der Waals surface area contributed by atoms with E-state index in [0.717, 1.165) is 5.56 Å². The van der Waals surface area contributed by atoms with Gasteiger partial charge in [0.05, 0.1) is 6.61 Å². The van der Waals surface area contributed by atoms with Crippen LogP contribution in [0.5, 0.6) is 5.75 Å². The molecule has 1 aliphatic carbocycles. The molecule has 0 amide bonds. The number of benzene rings is 1. The van der Waals surface area contributed by atoms with Crippen LogP contribution in [-0.4, -0.2) is 22.8 Å². The molecule has 2 rings (SSSR count). The third-order valence-corrected chi connectivity index (χ3v) is 3.16. The minimum Gasteiger partial charge on any atom is -0.508 e. The van der Waals surface area contributed by atoms with E-state index in [0.29, 0.717) is 19.4 Å². The molecule has 0 fully saturated rings. The summed E-state index contributed by atoms with van der Waals surface area (Å²) in [5, 5.41) is 18.3. The van der Waals surface area contributed by atoms with Crippen LogP contribution in [0.2, 0.25) is 0 Å². The standard InChI is InChI=1S/C17H18O4/c18-15-6-1-13(2-7-15)5-10-17(20)21-12-11-14-3-8-16(19)9-4-14/h1,3-10,13,18-19H,2,11-12H2/b10-5+. The van der Waals surface area contributed by atoms with E-state index in [-0.39, 0.29) is 23.4 Å². The number of aliphatic hydroxyl groups excluding tert-OH is 1. The molecule has 1 aliphatic rings. The van der Waals surface area contributed by atoms with Crippen molar-refractivity contribution in [2.75, 3.05) is 6.61 Å². The van der Waals surface area contributed by atoms with Gasteiger partial charge in [-0.25, -0.2) is 4.79 Å². The van der Waals surface area contributed by atoms with Gasteiger partial charge in [0.2, 0.25) is 0 Å². The molecule has 1 aromatic rings. The van der Waals surface area contributed by atoms with E-state index in [1.807, 2.05) is 6.08 Å². The van der Waals surface area contributed by atoms with Crippen LogP contribution in [0.4, 0.5) is 0 Å². The zero-order valence-corrected chi connectivity index (χ0v) is 11.6. The molecular formula is C17H18O4. The van der Waals surface area contributed by atoms with Crippen LogP contribution in [0.15, 0.2) is 60.4 Å². The molecule has 0 radical (unpaired) electrons. The van der Waals surface area contributed by atoms with Gasteiger partial charge in [0.25, 0.3) is 0 Å². The van der Waals surface area contributed by atoms with Gasteiger partial charge in [-0.3, -0.25) is 0 Å². The van der Waals surface area contributed by atoms with Gasteiger partial charge in [0.15, 0.2) is 0 Å². The topological polar surface area (TPSA) is 66.8 Å². The molecule has 0 aliphatic heterocycles. The summed E-state index contributed by atoms with van der Waals surface area (Å²) in [6.07, 6.45) is 9.65. The Morgan fingerprint density at radius 1 is 1.29 bits per heavy atom. The molecule has 0 bridgehead atoms. The first-order valence-corrected chi connectivity index (χ1v) is 6.83. The smallest absolute Gasteiger partial charge is 0.330 e. The molecule has 0 saturated carbocycles. The maximum atomic E-state index is 11.6. The fourth-order valence-corrected chi connectivity index (χ4v) is 1.95. The van der Waals surface area contributed by atoms with Crippen molar-refractivity contribution in [1.29, 1.82) is 0 Å². The Morgan fingerprint density at radius 2 is 2.05 bits per heavy atom. The number of carbonyl (C=O) groups excluding carboxylic acids is 1. The van der Waals surface area contributed by atoms with Crippen molar-refractivity contribution in [3.8, 4) is 5.75 Å². The summed E-state index contributed by atoms with van der Waals surface area (Å²) >= 11 is 0. The van der Waals surface area contributed by atoms with Gasteiger partial charge in [0.1, 0.15) is 11.5 Å². The number of rotatable bonds is 5. The first kappa shape index (κ1) is 14.9. The number of esters is 1. The lowest BCUT2D eigenvalue weighted by Gasteiger charge is -2.08. The van der Waals surface area contributed by atoms with Crippen LogP contribution < -0.4 is 0 Å². The third-order valence-electron chi connectivity index (χ3n) is 3.16. The summed E-state index contributed by atoms with van der Waals surface area (Å²) in [4.78, 5) is 11.6. The Kier molecular flexibility index (Phi) is 5.21. The van der Waals surface area contributed by atoms with E-state index in [9.17, 15) is 9.90 Å². The predicted octanol–water partition coefficient (Wildman–Crippen LogP) is 3.05. The quantitative estimate of drug-likeness (QED) is 0.645. The molecule has 0 spiro atoms. The normalized spacial score (nSPS) is 17.7. The van der Waals surface area contributed by atoms with Crippen molar-refractivity contribution in [2.24, 2.45) is 5.92 Å². The average Bonchev–Trinajstić information content (AvgIpc) is 2.49. The maximum absolute atomic E-state index is 11.6. The van der Waals surface area contributed by atoms with Crippen LogP contribution in [-0.2, 0) is 16.0 Å². The van der Waals surface area contributed by atoms with E-state index >= 15 is 0 Å². The monoisotopic (exact) mass is 286 g/mol. The molecule has 1 atom stereocenters. The minimum atomic E-state index is -0.374. The third kappa shape index (κ3) is 5.18. The maximum Gasteiger partial charge on any atom is 0.330 e. The number of aliphatic hydroxyl groups is 1. The predicted molar refractivity (Wildman–Crippen MR) is 79.9 cm³/mol. The SMILES string of the molecule is O=C(/C=C/C1C=CC(O)=CC1)OCCc1ccc(O)cc1. The van der Waals surface area contributed by atoms with Gasteiger partial charge < -0.3 is 14.9 Å². The summed E-state index contributed by atoms with van der Waals surface area (Å²) in [5.74, 6) is 0.224. The number of hydrogen-bond donors (Lipinski definition) is 2. The highest BCUT2D eigenvalue weighted by Crippen LogP contribution is 2.16. The molecule has 0 aromatic heterocycles. The lowest BCUT2D eigenvalue weighted by atomic mass is 10.00. The van der Waals surface area contributed by atoms with Crippen LogP contribution >= 0.6 is 0 Å². The summed E-state index contributed by atoms with van der Waals surface area (Å²) < 4.78 is 5.11. The summed E-state index contributed by atoms with van der Waals surface area (Å²) in [7, 11) is 0. The van der Waals surface area contributed by atoms with E-state index in [4.69, 9.17) is 9.84 Å². The summed E-state index contributed by atoms with van der Waals surface area (Å²) in [5.41, 5.74) is 1.00. The largest absolute Gasteiger partial charge is 0.508 e. The molecular weight excluding hydrogens is 268 g/mol. The molecule has 0 saturated heterocycles. The Labute approximate surface area is 123 Å². The second kappa shape index (κ2) is 7.33. The molecule has 0 heterocycles. The number of carbonyl (C=O) groups is 1. The van der Waals surface area contributed by atoms with Crippen molar-refractivity contribution in [2.45, 2.75) is 12.8 Å². The molecule has 4 heteroatoms. The van der Waals surface area contributed by atoms with Crippen molar-refractivity contribution in [1.82, 2.24) is 0 Å². The minimum absolute atomic E-state index is 0.116. The number of phenols is 1. The van der Waals surface area contributed by atoms with Gasteiger partial charge in [-0.2, -0.15) is 0 Å². The Hall–Kier alpha value is -2.49. The Balaban J connectivity index is 1.70. The molecule has 1 aromatic carbocycles. The van der Waals surface area contributed by atoms with Crippen LogP contribution in [0.3, 0.4) is 0 Å². The second-order valence-electron chi connectivity index (χ2n) is 4.83. The average molecular weight is 286 g/mol. The lowest BCUT2D eigenvalue weighted by molar-refractivity contribution is -0.137. The zero-order valence-electron chi connectivity index (χ0n) is 11.6. The van der Waals surface area contributed by atoms with Crippen molar-refractivity contribution < 1.29 is 19.7 Å². The fourth-order valence-electron chi connectivity index (χ4n) is 1.95. The van der Waals surface area contributed by atoms with E-state index in [1.165, 1.54) is 6.08 Å². The Morgan fingerprint density at radius 3 is 2.71 bits per heavy atom. The van der Waals surface area contributed by atoms with E-state index in [2.05, 4.69) is 0 Å². The highest BCUT2D eigenvalue weighted by Gasteiger charge is 2.05. The zero-order chi connectivity index (χ0) is 15.1. The van der Waals surface area contributed by atoms with Crippen molar-refractivity contribution in [3.63, 3.8) is 0 Å². The van der Waals surface area contributed by atoms with Crippen molar-refractivity contribution >= 4 is 5.97 Å². The summed E-state index contributed by atoms with van der Waals surface area (Å²) in [6.45, 7) is 0.301. The second-order valence-corrected chi connectivity index (χ2v) is 4.83. The van der Waals surface area contributed by atoms with Crippen LogP contribution in [0, 0.1) is 5.92 Å². The van der Waals surface area contributed by atoms with Crippen molar-refractivity contribution in [3.05, 3.63) is 66.0 Å². The fraction of sp³-hybridized carbons (Fsp3) is 0.235. The molecule has 110 valence electrons. The highest BCUT2D eigenvalue weighted by molar-refractivity contribution is 5.82. The lowest BCUT2D eigenvalue weighted by Crippen LogP contribution is -2.05. The molecule has 1 unspecified atom stereocenters. The first-order chi connectivity index (χ1) is 10.1. The number of ether oxygens (including phenoxy) is 1. The van der Waals surface area contributed by atoms with Gasteiger partial charge in [-0.1, -0.05) is 24.3 Å². The van der Waals surface area contributed by atoms with Gasteiger partial charge >= 0.3 is 5.97 Å². The number of aromatic hydroxyl groups is 1. The molecule has 21 heavy (non-hydrogen) atoms. The van der Waals surface area contributed by atoms with E-state index in [1.54, 1.807) is 42.5 Å². The van der Waals surface area contributed by atoms with Gasteiger partial charge in [0, 0.05) is 12.5 Å². The number of allylic oxidation sites excluding steroid dienone is 4. The number of hydrogen-bond acceptors (Lipinski definition) is 4. The van der Waals surface area contributed by atoms with Crippen LogP contribution in [0.1, 0.15) is 12.0 Å². The Bertz CT molecular complexity index is 567. The first-order valence-electron chi connectivity index (χ1n) is 6.83. The van der Waals surface area contributed by atoms with Gasteiger partial charge in [-0.15, -0.1) is 0 Å². The molecule has 4 nitrogen and oxygen atoms in total. The van der Waals surface area contributed by atoms with Gasteiger partial charge in [-0.05, 0) is 42.2 Å². The molecule has 2 N–H and O–H groups in total. The number of phenolic OH excluding ortho intramolecular Hbond substituents is 1. The summed E-state index contributed by atoms with van der Waals surface area (Å²) in [6, 6.07) is 6.81. The highest BCUT2D eigenvalue weighted by atomic mass is 16.5. The van der Waals surface area contributed by atoms with E-state index < -0.39 is 0 Å².